The van der Waals surface area contributed by atoms with Crippen molar-refractivity contribution in [2.45, 2.75) is 37.8 Å². The van der Waals surface area contributed by atoms with Crippen molar-refractivity contribution in [2.24, 2.45) is 0 Å². The molecule has 17 heavy (non-hydrogen) atoms. The summed E-state index contributed by atoms with van der Waals surface area (Å²) in [5, 5.41) is 6.05. The van der Waals surface area contributed by atoms with Crippen LogP contribution in [0.1, 0.15) is 25.7 Å². The van der Waals surface area contributed by atoms with Gasteiger partial charge in [-0.2, -0.15) is 0 Å². The molecule has 0 radical (unpaired) electrons. The van der Waals surface area contributed by atoms with Crippen LogP contribution in [0.15, 0.2) is 0 Å². The summed E-state index contributed by atoms with van der Waals surface area (Å²) in [5.74, 6) is 0.100. The van der Waals surface area contributed by atoms with Crippen molar-refractivity contribution in [2.75, 3.05) is 32.9 Å². The molecule has 0 bridgehead atoms. The van der Waals surface area contributed by atoms with Crippen LogP contribution in [0.2, 0.25) is 0 Å². The van der Waals surface area contributed by atoms with E-state index in [0.29, 0.717) is 19.8 Å². The fourth-order valence-electron chi connectivity index (χ4n) is 2.27. The molecule has 2 atom stereocenters. The average molecular weight is 242 g/mol. The quantitative estimate of drug-likeness (QED) is 0.646. The molecule has 5 heteroatoms. The highest BCUT2D eigenvalue weighted by Gasteiger charge is 2.21. The van der Waals surface area contributed by atoms with E-state index in [1.165, 1.54) is 0 Å². The third kappa shape index (κ3) is 4.26. The first-order valence-corrected chi connectivity index (χ1v) is 6.57. The van der Waals surface area contributed by atoms with Gasteiger partial charge in [-0.1, -0.05) is 0 Å². The minimum Gasteiger partial charge on any atom is -0.377 e. The van der Waals surface area contributed by atoms with Gasteiger partial charge >= 0.3 is 0 Å². The predicted molar refractivity (Wildman–Crippen MR) is 63.8 cm³/mol. The highest BCUT2D eigenvalue weighted by molar-refractivity contribution is 5.81. The molecule has 2 N–H and O–H groups in total. The van der Waals surface area contributed by atoms with Crippen molar-refractivity contribution < 1.29 is 14.3 Å². The molecule has 2 unspecified atom stereocenters. The molecule has 0 aliphatic carbocycles. The molecule has 2 heterocycles. The Morgan fingerprint density at radius 2 is 2.35 bits per heavy atom. The number of rotatable bonds is 6. The Balaban J connectivity index is 1.46. The van der Waals surface area contributed by atoms with E-state index in [4.69, 9.17) is 9.47 Å². The molecule has 2 saturated heterocycles. The molecule has 5 nitrogen and oxygen atoms in total. The smallest absolute Gasteiger partial charge is 0.237 e. The SMILES string of the molecule is O=C(NCCOCC1CCCO1)C1CCCN1. The monoisotopic (exact) mass is 242 g/mol. The molecular formula is C12H22N2O3. The van der Waals surface area contributed by atoms with Crippen LogP contribution in [0.5, 0.6) is 0 Å². The highest BCUT2D eigenvalue weighted by atomic mass is 16.5. The van der Waals surface area contributed by atoms with Crippen molar-refractivity contribution in [3.63, 3.8) is 0 Å². The summed E-state index contributed by atoms with van der Waals surface area (Å²) in [4.78, 5) is 11.6. The number of ether oxygens (including phenoxy) is 2. The van der Waals surface area contributed by atoms with Crippen LogP contribution in [0.4, 0.5) is 0 Å². The molecule has 0 aromatic rings. The first-order chi connectivity index (χ1) is 8.36. The summed E-state index contributed by atoms with van der Waals surface area (Å²) in [6, 6.07) is 0.00756. The van der Waals surface area contributed by atoms with Crippen molar-refractivity contribution in [1.29, 1.82) is 0 Å². The number of hydrogen-bond acceptors (Lipinski definition) is 4. The Morgan fingerprint density at radius 3 is 3.06 bits per heavy atom. The van der Waals surface area contributed by atoms with E-state index >= 15 is 0 Å². The van der Waals surface area contributed by atoms with Crippen molar-refractivity contribution in [1.82, 2.24) is 10.6 Å². The highest BCUT2D eigenvalue weighted by Crippen LogP contribution is 2.11. The Bertz CT molecular complexity index is 236. The second-order valence-corrected chi connectivity index (χ2v) is 4.65. The van der Waals surface area contributed by atoms with E-state index in [2.05, 4.69) is 10.6 Å². The summed E-state index contributed by atoms with van der Waals surface area (Å²) in [6.45, 7) is 3.62. The summed E-state index contributed by atoms with van der Waals surface area (Å²) in [7, 11) is 0. The number of nitrogens with one attached hydrogen (secondary N) is 2. The molecule has 2 aliphatic rings. The third-order valence-electron chi connectivity index (χ3n) is 3.25. The topological polar surface area (TPSA) is 59.6 Å². The fourth-order valence-corrected chi connectivity index (χ4v) is 2.27. The largest absolute Gasteiger partial charge is 0.377 e. The van der Waals surface area contributed by atoms with Crippen LogP contribution in [0.25, 0.3) is 0 Å². The Labute approximate surface area is 102 Å². The predicted octanol–water partition coefficient (Wildman–Crippen LogP) is 0.0502. The summed E-state index contributed by atoms with van der Waals surface area (Å²) in [6.07, 6.45) is 4.54. The van der Waals surface area contributed by atoms with Gasteiger partial charge in [0.25, 0.3) is 0 Å². The lowest BCUT2D eigenvalue weighted by Crippen LogP contribution is -2.41. The minimum absolute atomic E-state index is 0.00756. The zero-order valence-electron chi connectivity index (χ0n) is 10.2. The van der Waals surface area contributed by atoms with E-state index in [-0.39, 0.29) is 18.1 Å². The summed E-state index contributed by atoms with van der Waals surface area (Å²) < 4.78 is 10.9. The lowest BCUT2D eigenvalue weighted by molar-refractivity contribution is -0.123. The van der Waals surface area contributed by atoms with Crippen LogP contribution in [0, 0.1) is 0 Å². The molecule has 98 valence electrons. The van der Waals surface area contributed by atoms with Gasteiger partial charge in [0.1, 0.15) is 0 Å². The first-order valence-electron chi connectivity index (χ1n) is 6.57. The normalized spacial score (nSPS) is 28.5. The van der Waals surface area contributed by atoms with Gasteiger partial charge in [0, 0.05) is 13.2 Å². The lowest BCUT2D eigenvalue weighted by atomic mass is 10.2. The van der Waals surface area contributed by atoms with Crippen LogP contribution in [-0.4, -0.2) is 51.0 Å². The maximum atomic E-state index is 11.6. The maximum absolute atomic E-state index is 11.6. The zero-order valence-corrected chi connectivity index (χ0v) is 10.2. The standard InChI is InChI=1S/C12H22N2O3/c15-12(11-4-1-5-13-11)14-6-8-16-9-10-3-2-7-17-10/h10-11,13H,1-9H2,(H,14,15). The molecule has 1 amide bonds. The molecule has 0 spiro atoms. The fraction of sp³-hybridized carbons (Fsp3) is 0.917. The third-order valence-corrected chi connectivity index (χ3v) is 3.25. The van der Waals surface area contributed by atoms with E-state index < -0.39 is 0 Å². The van der Waals surface area contributed by atoms with Gasteiger partial charge in [0.2, 0.25) is 5.91 Å². The average Bonchev–Trinajstić information content (AvgIpc) is 3.01. The Hall–Kier alpha value is -0.650. The molecule has 0 aromatic carbocycles. The zero-order chi connectivity index (χ0) is 11.9. The Kier molecular flexibility index (Phi) is 5.22. The van der Waals surface area contributed by atoms with Gasteiger partial charge < -0.3 is 20.1 Å². The van der Waals surface area contributed by atoms with Gasteiger partial charge in [-0.15, -0.1) is 0 Å². The number of hydrogen-bond donors (Lipinski definition) is 2. The second-order valence-electron chi connectivity index (χ2n) is 4.65. The molecular weight excluding hydrogens is 220 g/mol. The summed E-state index contributed by atoms with van der Waals surface area (Å²) >= 11 is 0. The van der Waals surface area contributed by atoms with E-state index in [0.717, 1.165) is 38.8 Å². The first kappa shape index (κ1) is 12.8. The van der Waals surface area contributed by atoms with Crippen LogP contribution >= 0.6 is 0 Å². The van der Waals surface area contributed by atoms with Gasteiger partial charge in [-0.3, -0.25) is 4.79 Å². The number of carbonyl (C=O) groups is 1. The summed E-state index contributed by atoms with van der Waals surface area (Å²) in [5.41, 5.74) is 0. The van der Waals surface area contributed by atoms with Crippen molar-refractivity contribution >= 4 is 5.91 Å². The van der Waals surface area contributed by atoms with Crippen LogP contribution in [-0.2, 0) is 14.3 Å². The van der Waals surface area contributed by atoms with Gasteiger partial charge in [-0.05, 0) is 32.2 Å². The van der Waals surface area contributed by atoms with E-state index in [1.54, 1.807) is 0 Å². The van der Waals surface area contributed by atoms with Crippen molar-refractivity contribution in [3.8, 4) is 0 Å². The number of amides is 1. The molecule has 0 aromatic heterocycles. The molecule has 2 rings (SSSR count). The van der Waals surface area contributed by atoms with E-state index in [9.17, 15) is 4.79 Å². The molecule has 2 aliphatic heterocycles. The van der Waals surface area contributed by atoms with Crippen LogP contribution < -0.4 is 10.6 Å². The number of carbonyl (C=O) groups excluding carboxylic acids is 1. The minimum atomic E-state index is 0.00756. The molecule has 0 saturated carbocycles. The van der Waals surface area contributed by atoms with Crippen LogP contribution in [0.3, 0.4) is 0 Å². The Morgan fingerprint density at radius 1 is 1.41 bits per heavy atom. The van der Waals surface area contributed by atoms with Gasteiger partial charge in [0.05, 0.1) is 25.4 Å². The van der Waals surface area contributed by atoms with E-state index in [1.807, 2.05) is 0 Å². The second kappa shape index (κ2) is 6.93. The maximum Gasteiger partial charge on any atom is 0.237 e. The molecule has 2 fully saturated rings. The van der Waals surface area contributed by atoms with Crippen molar-refractivity contribution in [3.05, 3.63) is 0 Å². The van der Waals surface area contributed by atoms with Gasteiger partial charge in [-0.25, -0.2) is 0 Å². The van der Waals surface area contributed by atoms with Gasteiger partial charge in [0.15, 0.2) is 0 Å². The lowest BCUT2D eigenvalue weighted by Gasteiger charge is -2.12.